The van der Waals surface area contributed by atoms with Gasteiger partial charge in [0.25, 0.3) is 0 Å². The Hall–Kier alpha value is -2.08. The molecule has 1 unspecified atom stereocenters. The largest absolute Gasteiger partial charge is 0.469 e. The predicted octanol–water partition coefficient (Wildman–Crippen LogP) is 0.837. The number of benzene rings is 1. The molecular weight excluding hydrogens is 250 g/mol. The number of hydrogen-bond acceptors (Lipinski definition) is 5. The molecule has 0 aromatic heterocycles. The van der Waals surface area contributed by atoms with Crippen LogP contribution in [0, 0.1) is 0 Å². The number of esters is 1. The van der Waals surface area contributed by atoms with E-state index in [1.165, 1.54) is 7.11 Å². The van der Waals surface area contributed by atoms with Crippen molar-refractivity contribution in [2.45, 2.75) is 19.1 Å². The predicted molar refractivity (Wildman–Crippen MR) is 67.3 cm³/mol. The average molecular weight is 267 g/mol. The first kappa shape index (κ1) is 15.0. The van der Waals surface area contributed by atoms with Crippen molar-refractivity contribution >= 4 is 12.1 Å². The topological polar surface area (TPSA) is 84.9 Å². The molecule has 104 valence electrons. The number of alkyl carbamates (subject to hydrolysis) is 1. The minimum absolute atomic E-state index is 0.0667. The van der Waals surface area contributed by atoms with Crippen molar-refractivity contribution in [3.8, 4) is 0 Å². The van der Waals surface area contributed by atoms with Crippen molar-refractivity contribution < 1.29 is 24.2 Å². The first-order chi connectivity index (χ1) is 9.11. The van der Waals surface area contributed by atoms with Crippen molar-refractivity contribution in [2.75, 3.05) is 13.7 Å². The summed E-state index contributed by atoms with van der Waals surface area (Å²) >= 11 is 0. The Kier molecular flexibility index (Phi) is 6.38. The first-order valence-corrected chi connectivity index (χ1v) is 5.81. The summed E-state index contributed by atoms with van der Waals surface area (Å²) in [7, 11) is 1.23. The number of aliphatic hydroxyl groups is 1. The fourth-order valence-electron chi connectivity index (χ4n) is 1.32. The summed E-state index contributed by atoms with van der Waals surface area (Å²) < 4.78 is 9.32. The molecule has 1 atom stereocenters. The summed E-state index contributed by atoms with van der Waals surface area (Å²) in [6.07, 6.45) is -1.81. The number of aliphatic hydroxyl groups excluding tert-OH is 1. The van der Waals surface area contributed by atoms with Crippen LogP contribution in [0.1, 0.15) is 12.0 Å². The Morgan fingerprint density at radius 3 is 2.63 bits per heavy atom. The molecular formula is C13H17NO5. The van der Waals surface area contributed by atoms with Gasteiger partial charge in [-0.1, -0.05) is 30.3 Å². The summed E-state index contributed by atoms with van der Waals surface area (Å²) in [5.41, 5.74) is 0.868. The normalized spacial score (nSPS) is 11.5. The van der Waals surface area contributed by atoms with E-state index in [4.69, 9.17) is 4.74 Å². The standard InChI is InChI=1S/C13H17NO5/c1-18-12(16)7-11(15)8-14-13(17)19-9-10-5-3-2-4-6-10/h2-6,11,15H,7-9H2,1H3,(H,14,17). The number of methoxy groups -OCH3 is 1. The molecule has 0 aliphatic carbocycles. The van der Waals surface area contributed by atoms with Crippen LogP contribution in [0.3, 0.4) is 0 Å². The van der Waals surface area contributed by atoms with Crippen molar-refractivity contribution in [2.24, 2.45) is 0 Å². The van der Waals surface area contributed by atoms with Gasteiger partial charge in [-0.05, 0) is 5.56 Å². The van der Waals surface area contributed by atoms with Gasteiger partial charge in [-0.3, -0.25) is 4.79 Å². The van der Waals surface area contributed by atoms with Crippen LogP contribution in [0.5, 0.6) is 0 Å². The number of carbonyl (C=O) groups excluding carboxylic acids is 2. The molecule has 0 radical (unpaired) electrons. The summed E-state index contributed by atoms with van der Waals surface area (Å²) in [5.74, 6) is -0.535. The fourth-order valence-corrected chi connectivity index (χ4v) is 1.32. The molecule has 6 nitrogen and oxygen atoms in total. The van der Waals surface area contributed by atoms with Gasteiger partial charge >= 0.3 is 12.1 Å². The van der Waals surface area contributed by atoms with Crippen molar-refractivity contribution in [1.29, 1.82) is 0 Å². The van der Waals surface area contributed by atoms with Gasteiger partial charge < -0.3 is 19.9 Å². The van der Waals surface area contributed by atoms with E-state index in [1.807, 2.05) is 30.3 Å². The van der Waals surface area contributed by atoms with Crippen molar-refractivity contribution in [1.82, 2.24) is 5.32 Å². The molecule has 0 fully saturated rings. The first-order valence-electron chi connectivity index (χ1n) is 5.81. The zero-order chi connectivity index (χ0) is 14.1. The molecule has 0 aliphatic heterocycles. The van der Waals surface area contributed by atoms with Crippen molar-refractivity contribution in [3.05, 3.63) is 35.9 Å². The Morgan fingerprint density at radius 2 is 2.00 bits per heavy atom. The number of ether oxygens (including phenoxy) is 2. The minimum atomic E-state index is -0.989. The molecule has 0 saturated carbocycles. The van der Waals surface area contributed by atoms with E-state index < -0.39 is 18.2 Å². The van der Waals surface area contributed by atoms with Crippen LogP contribution in [0.4, 0.5) is 4.79 Å². The molecule has 1 aromatic carbocycles. The van der Waals surface area contributed by atoms with Crippen LogP contribution < -0.4 is 5.32 Å². The smallest absolute Gasteiger partial charge is 0.407 e. The number of nitrogens with one attached hydrogen (secondary N) is 1. The highest BCUT2D eigenvalue weighted by Crippen LogP contribution is 2.00. The van der Waals surface area contributed by atoms with Crippen LogP contribution >= 0.6 is 0 Å². The van der Waals surface area contributed by atoms with Gasteiger partial charge in [0.1, 0.15) is 6.61 Å². The second kappa shape index (κ2) is 8.10. The van der Waals surface area contributed by atoms with E-state index in [0.717, 1.165) is 5.56 Å². The SMILES string of the molecule is COC(=O)CC(O)CNC(=O)OCc1ccccc1. The molecule has 0 saturated heterocycles. The van der Waals surface area contributed by atoms with E-state index in [-0.39, 0.29) is 19.6 Å². The summed E-state index contributed by atoms with van der Waals surface area (Å²) in [6.45, 7) is 0.0858. The van der Waals surface area contributed by atoms with Gasteiger partial charge in [-0.2, -0.15) is 0 Å². The maximum Gasteiger partial charge on any atom is 0.407 e. The zero-order valence-corrected chi connectivity index (χ0v) is 10.7. The van der Waals surface area contributed by atoms with Gasteiger partial charge in [0.15, 0.2) is 0 Å². The van der Waals surface area contributed by atoms with E-state index >= 15 is 0 Å². The molecule has 6 heteroatoms. The quantitative estimate of drug-likeness (QED) is 0.746. The molecule has 2 N–H and O–H groups in total. The van der Waals surface area contributed by atoms with Crippen molar-refractivity contribution in [3.63, 3.8) is 0 Å². The zero-order valence-electron chi connectivity index (χ0n) is 10.7. The lowest BCUT2D eigenvalue weighted by molar-refractivity contribution is -0.142. The number of hydrogen-bond donors (Lipinski definition) is 2. The third-order valence-electron chi connectivity index (χ3n) is 2.32. The molecule has 0 aliphatic rings. The van der Waals surface area contributed by atoms with Crippen LogP contribution in [-0.4, -0.2) is 36.9 Å². The minimum Gasteiger partial charge on any atom is -0.469 e. The van der Waals surface area contributed by atoms with Gasteiger partial charge in [0.2, 0.25) is 0 Å². The summed E-state index contributed by atoms with van der Waals surface area (Å²) in [6, 6.07) is 9.22. The Morgan fingerprint density at radius 1 is 1.32 bits per heavy atom. The van der Waals surface area contributed by atoms with E-state index in [2.05, 4.69) is 10.1 Å². The highest BCUT2D eigenvalue weighted by atomic mass is 16.5. The monoisotopic (exact) mass is 267 g/mol. The Bertz CT molecular complexity index is 407. The van der Waals surface area contributed by atoms with Gasteiger partial charge in [-0.15, -0.1) is 0 Å². The molecule has 0 bridgehead atoms. The van der Waals surface area contributed by atoms with Gasteiger partial charge in [0.05, 0.1) is 19.6 Å². The highest BCUT2D eigenvalue weighted by molar-refractivity contribution is 5.70. The van der Waals surface area contributed by atoms with E-state index in [0.29, 0.717) is 0 Å². The van der Waals surface area contributed by atoms with E-state index in [1.54, 1.807) is 0 Å². The number of carbonyl (C=O) groups is 2. The molecule has 1 aromatic rings. The molecule has 0 heterocycles. The third-order valence-corrected chi connectivity index (χ3v) is 2.32. The third kappa shape index (κ3) is 6.42. The van der Waals surface area contributed by atoms with Crippen LogP contribution in [0.25, 0.3) is 0 Å². The lowest BCUT2D eigenvalue weighted by Crippen LogP contribution is -2.33. The van der Waals surface area contributed by atoms with E-state index in [9.17, 15) is 14.7 Å². The number of amides is 1. The van der Waals surface area contributed by atoms with Crippen LogP contribution in [0.15, 0.2) is 30.3 Å². The van der Waals surface area contributed by atoms with Gasteiger partial charge in [0, 0.05) is 6.54 Å². The molecule has 1 amide bonds. The van der Waals surface area contributed by atoms with Gasteiger partial charge in [-0.25, -0.2) is 4.79 Å². The lowest BCUT2D eigenvalue weighted by Gasteiger charge is -2.11. The van der Waals surface area contributed by atoms with Crippen LogP contribution in [-0.2, 0) is 20.9 Å². The van der Waals surface area contributed by atoms with Crippen LogP contribution in [0.2, 0.25) is 0 Å². The Labute approximate surface area is 111 Å². The fraction of sp³-hybridized carbons (Fsp3) is 0.385. The maximum absolute atomic E-state index is 11.3. The average Bonchev–Trinajstić information content (AvgIpc) is 2.43. The highest BCUT2D eigenvalue weighted by Gasteiger charge is 2.12. The molecule has 0 spiro atoms. The Balaban J connectivity index is 2.19. The lowest BCUT2D eigenvalue weighted by atomic mass is 10.2. The second-order valence-corrected chi connectivity index (χ2v) is 3.88. The molecule has 19 heavy (non-hydrogen) atoms. The summed E-state index contributed by atoms with van der Waals surface area (Å²) in [4.78, 5) is 22.2. The molecule has 1 rings (SSSR count). The summed E-state index contributed by atoms with van der Waals surface area (Å²) in [5, 5.41) is 11.8. The second-order valence-electron chi connectivity index (χ2n) is 3.88. The number of rotatable bonds is 6. The maximum atomic E-state index is 11.3.